The third-order valence-corrected chi connectivity index (χ3v) is 4.79. The average molecular weight is 361 g/mol. The molecule has 2 N–H and O–H groups in total. The predicted molar refractivity (Wildman–Crippen MR) is 99.9 cm³/mol. The molecular formula is C20H19N5O2. The molecule has 27 heavy (non-hydrogen) atoms. The van der Waals surface area contributed by atoms with Crippen LogP contribution in [0.1, 0.15) is 35.4 Å². The number of benzene rings is 1. The van der Waals surface area contributed by atoms with Gasteiger partial charge in [0.1, 0.15) is 23.2 Å². The molecule has 1 atom stereocenters. The fourth-order valence-electron chi connectivity index (χ4n) is 3.49. The van der Waals surface area contributed by atoms with Gasteiger partial charge in [-0.1, -0.05) is 6.07 Å². The van der Waals surface area contributed by atoms with Crippen LogP contribution < -0.4 is 10.5 Å². The first-order valence-corrected chi connectivity index (χ1v) is 8.61. The molecule has 7 heteroatoms. The highest BCUT2D eigenvalue weighted by Crippen LogP contribution is 2.40. The van der Waals surface area contributed by atoms with Gasteiger partial charge < -0.3 is 15.2 Å². The highest BCUT2D eigenvalue weighted by molar-refractivity contribution is 5.80. The third kappa shape index (κ3) is 2.90. The predicted octanol–water partition coefficient (Wildman–Crippen LogP) is 3.05. The van der Waals surface area contributed by atoms with Gasteiger partial charge in [-0.3, -0.25) is 4.68 Å². The zero-order valence-electron chi connectivity index (χ0n) is 15.1. The first-order valence-electron chi connectivity index (χ1n) is 8.61. The number of nitrogens with zero attached hydrogens (tertiary/aromatic N) is 4. The zero-order chi connectivity index (χ0) is 19.0. The Hall–Kier alpha value is -3.37. The van der Waals surface area contributed by atoms with Crippen LogP contribution in [-0.2, 0) is 17.9 Å². The lowest BCUT2D eigenvalue weighted by Gasteiger charge is -2.15. The average Bonchev–Trinajstić information content (AvgIpc) is 3.31. The molecule has 0 saturated carbocycles. The van der Waals surface area contributed by atoms with E-state index in [1.54, 1.807) is 13.3 Å². The number of ether oxygens (including phenoxy) is 2. The first kappa shape index (κ1) is 17.1. The number of hydrogen-bond acceptors (Lipinski definition) is 6. The van der Waals surface area contributed by atoms with Crippen LogP contribution in [0.25, 0.3) is 11.1 Å². The molecule has 1 aliphatic rings. The fourth-order valence-corrected chi connectivity index (χ4v) is 3.49. The van der Waals surface area contributed by atoms with E-state index in [0.717, 1.165) is 33.7 Å². The molecule has 0 radical (unpaired) electrons. The number of nitrogens with two attached hydrogens (primary N) is 1. The van der Waals surface area contributed by atoms with Gasteiger partial charge in [0.15, 0.2) is 0 Å². The van der Waals surface area contributed by atoms with Gasteiger partial charge in [-0.05, 0) is 30.7 Å². The van der Waals surface area contributed by atoms with Crippen molar-refractivity contribution in [2.45, 2.75) is 26.2 Å². The molecule has 136 valence electrons. The number of rotatable bonds is 4. The number of hydrogen-bond donors (Lipinski definition) is 1. The monoisotopic (exact) mass is 361 g/mol. The number of nitrogen functional groups attached to an aromatic ring is 1. The molecule has 0 amide bonds. The molecule has 4 rings (SSSR count). The molecule has 1 aliphatic heterocycles. The summed E-state index contributed by atoms with van der Waals surface area (Å²) < 4.78 is 13.1. The lowest BCUT2D eigenvalue weighted by molar-refractivity contribution is 0.0780. The molecule has 0 unspecified atom stereocenters. The Morgan fingerprint density at radius 1 is 1.44 bits per heavy atom. The minimum atomic E-state index is -0.143. The summed E-state index contributed by atoms with van der Waals surface area (Å²) in [6, 6.07) is 9.93. The summed E-state index contributed by atoms with van der Waals surface area (Å²) >= 11 is 0. The summed E-state index contributed by atoms with van der Waals surface area (Å²) in [5, 5.41) is 13.9. The van der Waals surface area contributed by atoms with E-state index in [1.807, 2.05) is 42.1 Å². The highest BCUT2D eigenvalue weighted by atomic mass is 16.5. The minimum Gasteiger partial charge on any atom is -0.496 e. The molecular weight excluding hydrogens is 342 g/mol. The van der Waals surface area contributed by atoms with Crippen LogP contribution in [0.5, 0.6) is 5.75 Å². The summed E-state index contributed by atoms with van der Waals surface area (Å²) in [4.78, 5) is 4.40. The van der Waals surface area contributed by atoms with E-state index < -0.39 is 0 Å². The SMILES string of the molecule is COc1ccc(-c2c(C#N)c(N)nc3c2CO[C@@H]3C)cc1Cn1cccn1. The molecule has 0 aliphatic carbocycles. The first-order chi connectivity index (χ1) is 13.1. The zero-order valence-corrected chi connectivity index (χ0v) is 15.1. The van der Waals surface area contributed by atoms with Crippen molar-refractivity contribution in [2.24, 2.45) is 0 Å². The van der Waals surface area contributed by atoms with Gasteiger partial charge >= 0.3 is 0 Å². The van der Waals surface area contributed by atoms with Crippen molar-refractivity contribution in [3.63, 3.8) is 0 Å². The van der Waals surface area contributed by atoms with Gasteiger partial charge in [-0.2, -0.15) is 10.4 Å². The Morgan fingerprint density at radius 3 is 3.00 bits per heavy atom. The maximum atomic E-state index is 9.69. The van der Waals surface area contributed by atoms with Crippen molar-refractivity contribution >= 4 is 5.82 Å². The van der Waals surface area contributed by atoms with Crippen molar-refractivity contribution in [3.8, 4) is 22.9 Å². The van der Waals surface area contributed by atoms with Gasteiger partial charge in [-0.15, -0.1) is 0 Å². The Morgan fingerprint density at radius 2 is 2.30 bits per heavy atom. The van der Waals surface area contributed by atoms with Crippen LogP contribution in [0, 0.1) is 11.3 Å². The Labute approximate surface area is 157 Å². The van der Waals surface area contributed by atoms with Crippen molar-refractivity contribution in [1.82, 2.24) is 14.8 Å². The second-order valence-electron chi connectivity index (χ2n) is 6.41. The van der Waals surface area contributed by atoms with E-state index in [1.165, 1.54) is 0 Å². The lowest BCUT2D eigenvalue weighted by Crippen LogP contribution is -2.06. The second-order valence-corrected chi connectivity index (χ2v) is 6.41. The standard InChI is InChI=1S/C20H19N5O2/c1-12-19-16(11-27-12)18(15(9-21)20(22)24-19)13-4-5-17(26-2)14(8-13)10-25-7-3-6-23-25/h3-8,12H,10-11H2,1-2H3,(H2,22,24)/t12-/m1/s1. The number of methoxy groups -OCH3 is 1. The maximum Gasteiger partial charge on any atom is 0.142 e. The smallest absolute Gasteiger partial charge is 0.142 e. The topological polar surface area (TPSA) is 99.0 Å². The maximum absolute atomic E-state index is 9.69. The number of aromatic nitrogens is 3. The number of nitriles is 1. The van der Waals surface area contributed by atoms with E-state index in [0.29, 0.717) is 18.7 Å². The van der Waals surface area contributed by atoms with Crippen LogP contribution in [0.2, 0.25) is 0 Å². The summed E-state index contributed by atoms with van der Waals surface area (Å²) in [6.45, 7) is 2.90. The third-order valence-electron chi connectivity index (χ3n) is 4.79. The number of anilines is 1. The van der Waals surface area contributed by atoms with Crippen molar-refractivity contribution < 1.29 is 9.47 Å². The van der Waals surface area contributed by atoms with Crippen LogP contribution in [-0.4, -0.2) is 21.9 Å². The van der Waals surface area contributed by atoms with E-state index in [4.69, 9.17) is 15.2 Å². The Bertz CT molecular complexity index is 1040. The van der Waals surface area contributed by atoms with Crippen LogP contribution in [0.15, 0.2) is 36.7 Å². The molecule has 0 saturated heterocycles. The quantitative estimate of drug-likeness (QED) is 0.767. The molecule has 3 heterocycles. The van der Waals surface area contributed by atoms with E-state index in [9.17, 15) is 5.26 Å². The van der Waals surface area contributed by atoms with E-state index >= 15 is 0 Å². The van der Waals surface area contributed by atoms with Gasteiger partial charge in [-0.25, -0.2) is 4.98 Å². The number of pyridine rings is 1. The largest absolute Gasteiger partial charge is 0.496 e. The van der Waals surface area contributed by atoms with Crippen molar-refractivity contribution in [1.29, 1.82) is 5.26 Å². The highest BCUT2D eigenvalue weighted by Gasteiger charge is 2.28. The summed E-state index contributed by atoms with van der Waals surface area (Å²) in [5.41, 5.74) is 10.8. The Kier molecular flexibility index (Phi) is 4.26. The molecule has 2 aromatic heterocycles. The van der Waals surface area contributed by atoms with Crippen molar-refractivity contribution in [3.05, 3.63) is 59.0 Å². The molecule has 3 aromatic rings. The van der Waals surface area contributed by atoms with Gasteiger partial charge in [0.25, 0.3) is 0 Å². The molecule has 0 bridgehead atoms. The fraction of sp³-hybridized carbons (Fsp3) is 0.250. The van der Waals surface area contributed by atoms with Gasteiger partial charge in [0.2, 0.25) is 0 Å². The summed E-state index contributed by atoms with van der Waals surface area (Å²) in [5.74, 6) is 0.990. The van der Waals surface area contributed by atoms with E-state index in [2.05, 4.69) is 16.2 Å². The van der Waals surface area contributed by atoms with Gasteiger partial charge in [0, 0.05) is 29.1 Å². The van der Waals surface area contributed by atoms with Crippen molar-refractivity contribution in [2.75, 3.05) is 12.8 Å². The minimum absolute atomic E-state index is 0.143. The number of fused-ring (bicyclic) bond motifs is 1. The summed E-state index contributed by atoms with van der Waals surface area (Å²) in [6.07, 6.45) is 3.49. The van der Waals surface area contributed by atoms with Crippen LogP contribution in [0.3, 0.4) is 0 Å². The molecule has 0 fully saturated rings. The Balaban J connectivity index is 1.89. The van der Waals surface area contributed by atoms with Crippen LogP contribution in [0.4, 0.5) is 5.82 Å². The molecule has 7 nitrogen and oxygen atoms in total. The normalized spacial score (nSPS) is 15.4. The second kappa shape index (κ2) is 6.74. The lowest BCUT2D eigenvalue weighted by atomic mass is 9.93. The molecule has 0 spiro atoms. The summed E-state index contributed by atoms with van der Waals surface area (Å²) in [7, 11) is 1.64. The van der Waals surface area contributed by atoms with Crippen LogP contribution >= 0.6 is 0 Å². The molecule has 1 aromatic carbocycles. The van der Waals surface area contributed by atoms with E-state index in [-0.39, 0.29) is 11.9 Å². The van der Waals surface area contributed by atoms with Gasteiger partial charge in [0.05, 0.1) is 32.1 Å².